The third-order valence-corrected chi connectivity index (χ3v) is 7.28. The van der Waals surface area contributed by atoms with Crippen molar-refractivity contribution in [1.29, 1.82) is 0 Å². The van der Waals surface area contributed by atoms with E-state index in [9.17, 15) is 22.8 Å². The summed E-state index contributed by atoms with van der Waals surface area (Å²) in [5.74, 6) is -0.908. The summed E-state index contributed by atoms with van der Waals surface area (Å²) in [5.41, 5.74) is 1.73. The number of fused-ring (bicyclic) bond motifs is 1. The van der Waals surface area contributed by atoms with Gasteiger partial charge in [0, 0.05) is 18.5 Å². The Morgan fingerprint density at radius 3 is 2.47 bits per heavy atom. The lowest BCUT2D eigenvalue weighted by Crippen LogP contribution is -2.52. The minimum atomic E-state index is -4.54. The Bertz CT molecular complexity index is 1130. The second-order valence-corrected chi connectivity index (χ2v) is 9.39. The molecular formula is C22H22N2O7S. The predicted octanol–water partition coefficient (Wildman–Crippen LogP) is 2.70. The van der Waals surface area contributed by atoms with Crippen molar-refractivity contribution in [1.82, 2.24) is 4.90 Å². The smallest absolute Gasteiger partial charge is 0.445 e. The molecule has 1 saturated heterocycles. The second-order valence-electron chi connectivity index (χ2n) is 7.72. The van der Waals surface area contributed by atoms with Crippen LogP contribution in [0.2, 0.25) is 0 Å². The van der Waals surface area contributed by atoms with Crippen LogP contribution in [0.3, 0.4) is 0 Å². The van der Waals surface area contributed by atoms with E-state index >= 15 is 0 Å². The molecule has 168 valence electrons. The van der Waals surface area contributed by atoms with Crippen LogP contribution >= 0.6 is 0 Å². The lowest BCUT2D eigenvalue weighted by Gasteiger charge is -2.40. The number of imide groups is 1. The average Bonchev–Trinajstić information content (AvgIpc) is 3.10. The van der Waals surface area contributed by atoms with Crippen molar-refractivity contribution in [2.75, 3.05) is 17.5 Å². The molecule has 0 N–H and O–H groups in total. The number of cyclic esters (lactones) is 1. The summed E-state index contributed by atoms with van der Waals surface area (Å²) >= 11 is 0. The van der Waals surface area contributed by atoms with Crippen molar-refractivity contribution in [2.45, 2.75) is 26.0 Å². The van der Waals surface area contributed by atoms with Crippen molar-refractivity contribution in [3.05, 3.63) is 65.7 Å². The van der Waals surface area contributed by atoms with E-state index in [2.05, 4.69) is 0 Å². The van der Waals surface area contributed by atoms with Crippen LogP contribution in [0.1, 0.15) is 18.1 Å². The molecule has 2 atom stereocenters. The number of hydrogen-bond donors (Lipinski definition) is 0. The Labute approximate surface area is 185 Å². The summed E-state index contributed by atoms with van der Waals surface area (Å²) in [6.45, 7) is 1.12. The zero-order chi connectivity index (χ0) is 22.9. The molecule has 2 heterocycles. The van der Waals surface area contributed by atoms with Gasteiger partial charge in [-0.3, -0.25) is 9.10 Å². The number of hydrogen-bond acceptors (Lipinski definition) is 7. The van der Waals surface area contributed by atoms with Crippen molar-refractivity contribution in [3.63, 3.8) is 0 Å². The molecule has 10 heteroatoms. The molecule has 2 amide bonds. The van der Waals surface area contributed by atoms with Crippen molar-refractivity contribution >= 4 is 33.0 Å². The van der Waals surface area contributed by atoms with E-state index in [4.69, 9.17) is 9.47 Å². The minimum Gasteiger partial charge on any atom is -0.448 e. The minimum absolute atomic E-state index is 0.0156. The molecular weight excluding hydrogens is 436 g/mol. The van der Waals surface area contributed by atoms with Gasteiger partial charge in [0.05, 0.1) is 5.69 Å². The van der Waals surface area contributed by atoms with Crippen LogP contribution in [0, 0.1) is 5.92 Å². The van der Waals surface area contributed by atoms with Gasteiger partial charge >= 0.3 is 21.4 Å². The summed E-state index contributed by atoms with van der Waals surface area (Å²) in [5, 5.41) is -1.36. The molecule has 0 unspecified atom stereocenters. The first kappa shape index (κ1) is 21.8. The van der Waals surface area contributed by atoms with Gasteiger partial charge < -0.3 is 9.47 Å². The molecule has 0 spiro atoms. The molecule has 1 fully saturated rings. The number of ether oxygens (including phenoxy) is 2. The molecule has 0 saturated carbocycles. The maximum Gasteiger partial charge on any atom is 0.445 e. The van der Waals surface area contributed by atoms with Gasteiger partial charge in [-0.2, -0.15) is 8.42 Å². The highest BCUT2D eigenvalue weighted by Gasteiger charge is 2.44. The fraction of sp³-hybridized carbons (Fsp3) is 0.318. The lowest BCUT2D eigenvalue weighted by molar-refractivity contribution is -0.126. The molecule has 32 heavy (non-hydrogen) atoms. The van der Waals surface area contributed by atoms with Gasteiger partial charge in [-0.25, -0.2) is 14.5 Å². The van der Waals surface area contributed by atoms with Crippen LogP contribution in [0.15, 0.2) is 54.6 Å². The van der Waals surface area contributed by atoms with Crippen LogP contribution in [0.25, 0.3) is 0 Å². The monoisotopic (exact) mass is 458 g/mol. The van der Waals surface area contributed by atoms with Gasteiger partial charge in [0.15, 0.2) is 6.61 Å². The number of amides is 2. The number of sulfonamides is 1. The van der Waals surface area contributed by atoms with Gasteiger partial charge in [-0.15, -0.1) is 0 Å². The molecule has 0 radical (unpaired) electrons. The third kappa shape index (κ3) is 4.05. The number of anilines is 1. The largest absolute Gasteiger partial charge is 0.448 e. The van der Waals surface area contributed by atoms with E-state index in [1.54, 1.807) is 61.5 Å². The highest BCUT2D eigenvalue weighted by Crippen LogP contribution is 2.37. The van der Waals surface area contributed by atoms with Crippen molar-refractivity contribution in [2.24, 2.45) is 5.92 Å². The summed E-state index contributed by atoms with van der Waals surface area (Å²) in [6.07, 6.45) is -0.322. The molecule has 2 aliphatic rings. The number of rotatable bonds is 5. The Hall–Kier alpha value is -3.40. The molecule has 4 rings (SSSR count). The second kappa shape index (κ2) is 8.62. The van der Waals surface area contributed by atoms with Crippen LogP contribution in [-0.2, 0) is 37.3 Å². The van der Waals surface area contributed by atoms with Crippen LogP contribution in [0.5, 0.6) is 0 Å². The van der Waals surface area contributed by atoms with Gasteiger partial charge in [0.25, 0.3) is 5.91 Å². The van der Waals surface area contributed by atoms with E-state index < -0.39 is 39.3 Å². The van der Waals surface area contributed by atoms with Crippen LogP contribution in [-0.4, -0.2) is 49.8 Å². The predicted molar refractivity (Wildman–Crippen MR) is 114 cm³/mol. The molecule has 0 aliphatic carbocycles. The number of carbonyl (C=O) groups excluding carboxylic acids is 3. The van der Waals surface area contributed by atoms with E-state index in [1.165, 1.54) is 0 Å². The van der Waals surface area contributed by atoms with Gasteiger partial charge in [0.2, 0.25) is 0 Å². The Balaban J connectivity index is 1.60. The maximum atomic E-state index is 13.3. The Morgan fingerprint density at radius 1 is 1.09 bits per heavy atom. The van der Waals surface area contributed by atoms with Gasteiger partial charge in [-0.05, 0) is 30.5 Å². The van der Waals surface area contributed by atoms with E-state index in [0.717, 1.165) is 9.21 Å². The SMILES string of the molecule is C[C@@H]1[C@H](CN2C(=O)COC2=O)Cc2ccccc2N1S(=O)(=O)C(=O)OCc1ccccc1. The number of benzene rings is 2. The van der Waals surface area contributed by atoms with E-state index in [0.29, 0.717) is 23.2 Å². The average molecular weight is 458 g/mol. The zero-order valence-corrected chi connectivity index (χ0v) is 18.2. The summed E-state index contributed by atoms with van der Waals surface area (Å²) < 4.78 is 37.4. The van der Waals surface area contributed by atoms with Crippen LogP contribution in [0.4, 0.5) is 15.3 Å². The third-order valence-electron chi connectivity index (χ3n) is 5.69. The van der Waals surface area contributed by atoms with Gasteiger partial charge in [0.1, 0.15) is 6.61 Å². The topological polar surface area (TPSA) is 110 Å². The summed E-state index contributed by atoms with van der Waals surface area (Å²) in [6, 6.07) is 14.9. The summed E-state index contributed by atoms with van der Waals surface area (Å²) in [7, 11) is -4.54. The number of nitrogens with zero attached hydrogens (tertiary/aromatic N) is 2. The van der Waals surface area contributed by atoms with Crippen molar-refractivity contribution < 1.29 is 32.3 Å². The Kier molecular flexibility index (Phi) is 5.88. The first-order chi connectivity index (χ1) is 15.3. The molecule has 2 aromatic carbocycles. The molecule has 2 aromatic rings. The zero-order valence-electron chi connectivity index (χ0n) is 17.3. The normalized spacial score (nSPS) is 20.7. The first-order valence-corrected chi connectivity index (χ1v) is 11.5. The molecule has 0 aromatic heterocycles. The molecule has 2 aliphatic heterocycles. The molecule has 9 nitrogen and oxygen atoms in total. The van der Waals surface area contributed by atoms with Crippen molar-refractivity contribution in [3.8, 4) is 0 Å². The van der Waals surface area contributed by atoms with Crippen LogP contribution < -0.4 is 4.31 Å². The fourth-order valence-electron chi connectivity index (χ4n) is 3.99. The highest BCUT2D eigenvalue weighted by atomic mass is 32.2. The fourth-order valence-corrected chi connectivity index (χ4v) is 5.41. The van der Waals surface area contributed by atoms with E-state index in [-0.39, 0.29) is 19.8 Å². The molecule has 0 bridgehead atoms. The quantitative estimate of drug-likeness (QED) is 0.634. The maximum absolute atomic E-state index is 13.3. The first-order valence-electron chi connectivity index (χ1n) is 10.1. The summed E-state index contributed by atoms with van der Waals surface area (Å²) in [4.78, 5) is 37.5. The van der Waals surface area contributed by atoms with Gasteiger partial charge in [-0.1, -0.05) is 48.5 Å². The van der Waals surface area contributed by atoms with E-state index in [1.807, 2.05) is 0 Å². The number of carbonyl (C=O) groups is 3. The standard InChI is InChI=1S/C22H22N2O7S/c1-15-18(12-23-20(25)14-30-21(23)26)11-17-9-5-6-10-19(17)24(15)32(28,29)22(27)31-13-16-7-3-2-4-8-16/h2-10,15,18H,11-14H2,1H3/t15-,18+/m1/s1. The Morgan fingerprint density at radius 2 is 1.78 bits per heavy atom. The number of para-hydroxylation sites is 1. The lowest BCUT2D eigenvalue weighted by atomic mass is 9.87. The highest BCUT2D eigenvalue weighted by molar-refractivity contribution is 8.06.